The summed E-state index contributed by atoms with van der Waals surface area (Å²) in [7, 11) is 1.78. The molecule has 0 aliphatic heterocycles. The highest BCUT2D eigenvalue weighted by molar-refractivity contribution is 6.00. The van der Waals surface area contributed by atoms with Crippen molar-refractivity contribution in [2.45, 2.75) is 26.8 Å². The summed E-state index contributed by atoms with van der Waals surface area (Å²) >= 11 is 0. The standard InChI is InChI=1S/C24H26N6O/c1-14-8-5-6-11-18(14)30-19(12-17-10-7-9-15(2)20(17)24(30)31)16(3)29-22(25)21-23(26-4)28-13-27-21/h5-13,16,26H,1-4H3,(H2,25,29)(H,27,28). The molecule has 0 aliphatic carbocycles. The van der Waals surface area contributed by atoms with Gasteiger partial charge in [0.05, 0.1) is 29.1 Å². The molecular formula is C24H26N6O. The van der Waals surface area contributed by atoms with Gasteiger partial charge in [0, 0.05) is 7.05 Å². The zero-order valence-corrected chi connectivity index (χ0v) is 18.1. The van der Waals surface area contributed by atoms with Crippen LogP contribution in [0, 0.1) is 13.8 Å². The van der Waals surface area contributed by atoms with E-state index in [0.717, 1.165) is 27.9 Å². The van der Waals surface area contributed by atoms with E-state index < -0.39 is 0 Å². The number of pyridine rings is 1. The predicted molar refractivity (Wildman–Crippen MR) is 126 cm³/mol. The van der Waals surface area contributed by atoms with Crippen LogP contribution < -0.4 is 16.6 Å². The van der Waals surface area contributed by atoms with E-state index in [2.05, 4.69) is 15.3 Å². The second kappa shape index (κ2) is 8.10. The van der Waals surface area contributed by atoms with Crippen molar-refractivity contribution in [3.63, 3.8) is 0 Å². The van der Waals surface area contributed by atoms with Crippen molar-refractivity contribution in [1.29, 1.82) is 0 Å². The minimum Gasteiger partial charge on any atom is -0.382 e. The Hall–Kier alpha value is -3.87. The van der Waals surface area contributed by atoms with Crippen molar-refractivity contribution in [1.82, 2.24) is 14.5 Å². The number of hydrogen-bond donors (Lipinski definition) is 3. The molecule has 1 unspecified atom stereocenters. The van der Waals surface area contributed by atoms with Gasteiger partial charge in [-0.2, -0.15) is 0 Å². The minimum atomic E-state index is -0.370. The summed E-state index contributed by atoms with van der Waals surface area (Å²) in [5.41, 5.74) is 10.4. The number of rotatable bonds is 5. The van der Waals surface area contributed by atoms with E-state index >= 15 is 0 Å². The van der Waals surface area contributed by atoms with Gasteiger partial charge in [0.2, 0.25) is 0 Å². The number of aromatic nitrogens is 3. The summed E-state index contributed by atoms with van der Waals surface area (Å²) in [6.07, 6.45) is 1.57. The zero-order valence-electron chi connectivity index (χ0n) is 18.1. The topological polar surface area (TPSA) is 101 Å². The van der Waals surface area contributed by atoms with Gasteiger partial charge in [0.15, 0.2) is 5.82 Å². The molecule has 2 aromatic carbocycles. The fourth-order valence-electron chi connectivity index (χ4n) is 3.94. The number of aromatic amines is 1. The summed E-state index contributed by atoms with van der Waals surface area (Å²) in [6, 6.07) is 15.4. The zero-order chi connectivity index (χ0) is 22.1. The number of nitrogens with one attached hydrogen (secondary N) is 2. The molecule has 0 saturated heterocycles. The van der Waals surface area contributed by atoms with Crippen LogP contribution >= 0.6 is 0 Å². The summed E-state index contributed by atoms with van der Waals surface area (Å²) in [5, 5.41) is 4.60. The highest BCUT2D eigenvalue weighted by Crippen LogP contribution is 2.26. The molecule has 0 bridgehead atoms. The van der Waals surface area contributed by atoms with Crippen LogP contribution in [0.2, 0.25) is 0 Å². The molecule has 31 heavy (non-hydrogen) atoms. The number of benzene rings is 2. The molecule has 0 aliphatic rings. The lowest BCUT2D eigenvalue weighted by atomic mass is 10.0. The van der Waals surface area contributed by atoms with Gasteiger partial charge < -0.3 is 16.0 Å². The molecule has 158 valence electrons. The maximum absolute atomic E-state index is 13.7. The monoisotopic (exact) mass is 414 g/mol. The van der Waals surface area contributed by atoms with Crippen LogP contribution in [0.3, 0.4) is 0 Å². The summed E-state index contributed by atoms with van der Waals surface area (Å²) in [5.74, 6) is 0.946. The van der Waals surface area contributed by atoms with Gasteiger partial charge in [-0.25, -0.2) is 4.98 Å². The number of imidazole rings is 1. The first-order valence-corrected chi connectivity index (χ1v) is 10.2. The lowest BCUT2D eigenvalue weighted by Gasteiger charge is -2.20. The Morgan fingerprint density at radius 1 is 1.16 bits per heavy atom. The molecule has 0 fully saturated rings. The molecule has 0 radical (unpaired) electrons. The fraction of sp³-hybridized carbons (Fsp3) is 0.208. The second-order valence-electron chi connectivity index (χ2n) is 7.60. The molecule has 0 spiro atoms. The largest absolute Gasteiger partial charge is 0.382 e. The Balaban J connectivity index is 1.97. The summed E-state index contributed by atoms with van der Waals surface area (Å²) in [4.78, 5) is 25.6. The number of para-hydroxylation sites is 1. The molecule has 2 aromatic heterocycles. The first-order valence-electron chi connectivity index (χ1n) is 10.2. The van der Waals surface area contributed by atoms with Crippen molar-refractivity contribution in [3.05, 3.63) is 87.7 Å². The molecular weight excluding hydrogens is 388 g/mol. The van der Waals surface area contributed by atoms with Gasteiger partial charge in [-0.05, 0) is 49.4 Å². The van der Waals surface area contributed by atoms with E-state index in [0.29, 0.717) is 22.7 Å². The third-order valence-corrected chi connectivity index (χ3v) is 5.53. The first kappa shape index (κ1) is 20.4. The smallest absolute Gasteiger partial charge is 0.263 e. The summed E-state index contributed by atoms with van der Waals surface area (Å²) in [6.45, 7) is 5.90. The van der Waals surface area contributed by atoms with E-state index in [9.17, 15) is 4.79 Å². The van der Waals surface area contributed by atoms with Gasteiger partial charge >= 0.3 is 0 Å². The number of anilines is 1. The Morgan fingerprint density at radius 3 is 2.65 bits per heavy atom. The average Bonchev–Trinajstić information content (AvgIpc) is 3.23. The molecule has 0 saturated carbocycles. The number of H-pyrrole nitrogens is 1. The number of aliphatic imine (C=N–C) groups is 1. The fourth-order valence-corrected chi connectivity index (χ4v) is 3.94. The van der Waals surface area contributed by atoms with Crippen molar-refractivity contribution < 1.29 is 0 Å². The van der Waals surface area contributed by atoms with Crippen LogP contribution in [-0.4, -0.2) is 27.4 Å². The lowest BCUT2D eigenvalue weighted by Crippen LogP contribution is -2.25. The average molecular weight is 415 g/mol. The van der Waals surface area contributed by atoms with E-state index in [-0.39, 0.29) is 11.6 Å². The highest BCUT2D eigenvalue weighted by atomic mass is 16.1. The number of amidine groups is 1. The molecule has 4 rings (SSSR count). The molecule has 0 amide bonds. The van der Waals surface area contributed by atoms with Gasteiger partial charge in [0.1, 0.15) is 11.5 Å². The quantitative estimate of drug-likeness (QED) is 0.341. The predicted octanol–water partition coefficient (Wildman–Crippen LogP) is 3.84. The van der Waals surface area contributed by atoms with Gasteiger partial charge in [-0.3, -0.25) is 14.4 Å². The number of hydrogen-bond acceptors (Lipinski definition) is 4. The van der Waals surface area contributed by atoms with Crippen molar-refractivity contribution in [2.75, 3.05) is 12.4 Å². The third-order valence-electron chi connectivity index (χ3n) is 5.53. The summed E-state index contributed by atoms with van der Waals surface area (Å²) < 4.78 is 1.76. The number of aryl methyl sites for hydroxylation is 2. The molecule has 4 aromatic rings. The van der Waals surface area contributed by atoms with Gasteiger partial charge in [0.25, 0.3) is 5.56 Å². The van der Waals surface area contributed by atoms with Crippen LogP contribution in [0.5, 0.6) is 0 Å². The van der Waals surface area contributed by atoms with E-state index in [1.807, 2.05) is 69.3 Å². The van der Waals surface area contributed by atoms with Gasteiger partial charge in [-0.1, -0.05) is 36.4 Å². The first-order chi connectivity index (χ1) is 14.9. The Morgan fingerprint density at radius 2 is 1.90 bits per heavy atom. The van der Waals surface area contributed by atoms with Crippen LogP contribution in [0.25, 0.3) is 16.5 Å². The molecule has 2 heterocycles. The van der Waals surface area contributed by atoms with Crippen molar-refractivity contribution in [3.8, 4) is 5.69 Å². The van der Waals surface area contributed by atoms with Crippen LogP contribution in [0.15, 0.2) is 64.6 Å². The highest BCUT2D eigenvalue weighted by Gasteiger charge is 2.19. The Kier molecular flexibility index (Phi) is 5.33. The Bertz CT molecular complexity index is 1350. The Labute approximate surface area is 180 Å². The van der Waals surface area contributed by atoms with Crippen LogP contribution in [0.4, 0.5) is 5.82 Å². The molecule has 1 atom stereocenters. The normalized spacial score (nSPS) is 12.8. The van der Waals surface area contributed by atoms with E-state index in [1.54, 1.807) is 17.9 Å². The third kappa shape index (κ3) is 3.59. The lowest BCUT2D eigenvalue weighted by molar-refractivity contribution is 0.733. The second-order valence-corrected chi connectivity index (χ2v) is 7.60. The number of fused-ring (bicyclic) bond motifs is 1. The van der Waals surface area contributed by atoms with E-state index in [4.69, 9.17) is 10.7 Å². The SMILES string of the molecule is CNc1nc[nH]c1C(N)=NC(C)c1cc2cccc(C)c2c(=O)n1-c1ccccc1C. The van der Waals surface area contributed by atoms with E-state index in [1.165, 1.54) is 0 Å². The van der Waals surface area contributed by atoms with Crippen LogP contribution in [-0.2, 0) is 0 Å². The van der Waals surface area contributed by atoms with Crippen molar-refractivity contribution in [2.24, 2.45) is 10.7 Å². The van der Waals surface area contributed by atoms with Gasteiger partial charge in [-0.15, -0.1) is 0 Å². The number of nitrogens with zero attached hydrogens (tertiary/aromatic N) is 3. The molecule has 4 N–H and O–H groups in total. The maximum Gasteiger partial charge on any atom is 0.263 e. The maximum atomic E-state index is 13.7. The van der Waals surface area contributed by atoms with Crippen molar-refractivity contribution >= 4 is 22.4 Å². The molecule has 7 nitrogen and oxygen atoms in total. The molecule has 7 heteroatoms. The minimum absolute atomic E-state index is 0.0574. The number of nitrogens with two attached hydrogens (primary N) is 1. The van der Waals surface area contributed by atoms with Crippen LogP contribution in [0.1, 0.15) is 35.5 Å².